The number of rotatable bonds is 4. The molecule has 0 aliphatic heterocycles. The van der Waals surface area contributed by atoms with Crippen LogP contribution in [0.25, 0.3) is 5.69 Å². The first-order chi connectivity index (χ1) is 10.2. The number of aromatic nitrogens is 2. The van der Waals surface area contributed by atoms with Gasteiger partial charge in [-0.15, -0.1) is 11.3 Å². The number of nitrogen functional groups attached to an aromatic ring is 1. The molecule has 5 nitrogen and oxygen atoms in total. The number of carbonyl (C=O) groups excluding carboxylic acids is 1. The molecule has 0 atom stereocenters. The fourth-order valence-corrected chi connectivity index (χ4v) is 2.67. The normalized spacial score (nSPS) is 10.5. The number of hydrogen-bond acceptors (Lipinski definition) is 4. The number of nitrogens with zero attached hydrogens (tertiary/aromatic N) is 2. The van der Waals surface area contributed by atoms with Crippen molar-refractivity contribution in [3.63, 3.8) is 0 Å². The van der Waals surface area contributed by atoms with Crippen LogP contribution in [0.1, 0.15) is 15.2 Å². The van der Waals surface area contributed by atoms with Crippen LogP contribution in [0.15, 0.2) is 54.2 Å². The van der Waals surface area contributed by atoms with Crippen LogP contribution in [-0.2, 0) is 6.54 Å². The van der Waals surface area contributed by atoms with E-state index in [1.165, 1.54) is 11.3 Å². The Morgan fingerprint density at radius 2 is 2.10 bits per heavy atom. The number of amides is 1. The van der Waals surface area contributed by atoms with Crippen LogP contribution >= 0.6 is 11.3 Å². The number of anilines is 1. The highest BCUT2D eigenvalue weighted by Crippen LogP contribution is 2.18. The molecule has 0 bridgehead atoms. The van der Waals surface area contributed by atoms with Gasteiger partial charge in [0, 0.05) is 18.3 Å². The van der Waals surface area contributed by atoms with Gasteiger partial charge < -0.3 is 11.1 Å². The van der Waals surface area contributed by atoms with Gasteiger partial charge in [-0.25, -0.2) is 4.68 Å². The SMILES string of the molecule is Nc1ccsc1C(=O)NCc1cnn(-c2ccccc2)c1. The number of hydrogen-bond donors (Lipinski definition) is 2. The molecule has 0 aliphatic carbocycles. The Morgan fingerprint density at radius 1 is 1.29 bits per heavy atom. The van der Waals surface area contributed by atoms with Gasteiger partial charge in [0.15, 0.2) is 0 Å². The quantitative estimate of drug-likeness (QED) is 0.777. The predicted molar refractivity (Wildman–Crippen MR) is 83.5 cm³/mol. The van der Waals surface area contributed by atoms with E-state index in [1.54, 1.807) is 22.3 Å². The van der Waals surface area contributed by atoms with Crippen molar-refractivity contribution < 1.29 is 4.79 Å². The van der Waals surface area contributed by atoms with Crippen LogP contribution in [0.2, 0.25) is 0 Å². The van der Waals surface area contributed by atoms with Crippen LogP contribution in [0, 0.1) is 0 Å². The summed E-state index contributed by atoms with van der Waals surface area (Å²) in [5.74, 6) is -0.157. The summed E-state index contributed by atoms with van der Waals surface area (Å²) in [5.41, 5.74) is 8.15. The van der Waals surface area contributed by atoms with E-state index in [1.807, 2.05) is 36.5 Å². The van der Waals surface area contributed by atoms with E-state index >= 15 is 0 Å². The zero-order valence-corrected chi connectivity index (χ0v) is 12.0. The van der Waals surface area contributed by atoms with Crippen molar-refractivity contribution in [2.45, 2.75) is 6.54 Å². The molecule has 2 aromatic heterocycles. The van der Waals surface area contributed by atoms with Crippen LogP contribution in [0.4, 0.5) is 5.69 Å². The average Bonchev–Trinajstić information content (AvgIpc) is 3.15. The number of para-hydroxylation sites is 1. The first-order valence-electron chi connectivity index (χ1n) is 6.44. The summed E-state index contributed by atoms with van der Waals surface area (Å²) in [7, 11) is 0. The van der Waals surface area contributed by atoms with E-state index < -0.39 is 0 Å². The molecule has 3 N–H and O–H groups in total. The first-order valence-corrected chi connectivity index (χ1v) is 7.32. The third kappa shape index (κ3) is 2.95. The van der Waals surface area contributed by atoms with Crippen molar-refractivity contribution in [3.8, 4) is 5.69 Å². The monoisotopic (exact) mass is 298 g/mol. The molecule has 106 valence electrons. The highest BCUT2D eigenvalue weighted by molar-refractivity contribution is 7.12. The topological polar surface area (TPSA) is 72.9 Å². The van der Waals surface area contributed by atoms with Gasteiger partial charge in [-0.3, -0.25) is 4.79 Å². The van der Waals surface area contributed by atoms with Gasteiger partial charge in [0.1, 0.15) is 4.88 Å². The van der Waals surface area contributed by atoms with E-state index in [4.69, 9.17) is 5.73 Å². The number of thiophene rings is 1. The summed E-state index contributed by atoms with van der Waals surface area (Å²) in [4.78, 5) is 12.5. The molecular formula is C15H14N4OS. The number of benzene rings is 1. The molecule has 0 saturated heterocycles. The van der Waals surface area contributed by atoms with E-state index in [2.05, 4.69) is 10.4 Å². The molecule has 1 aromatic carbocycles. The molecule has 0 saturated carbocycles. The van der Waals surface area contributed by atoms with Crippen molar-refractivity contribution in [3.05, 3.63) is 64.6 Å². The molecule has 21 heavy (non-hydrogen) atoms. The second-order valence-electron chi connectivity index (χ2n) is 4.52. The second kappa shape index (κ2) is 5.80. The largest absolute Gasteiger partial charge is 0.397 e. The maximum atomic E-state index is 12.0. The third-order valence-corrected chi connectivity index (χ3v) is 3.94. The molecule has 1 amide bonds. The smallest absolute Gasteiger partial charge is 0.263 e. The molecule has 2 heterocycles. The van der Waals surface area contributed by atoms with Crippen LogP contribution < -0.4 is 11.1 Å². The summed E-state index contributed by atoms with van der Waals surface area (Å²) < 4.78 is 1.78. The van der Waals surface area contributed by atoms with Crippen LogP contribution in [0.5, 0.6) is 0 Å². The van der Waals surface area contributed by atoms with E-state index in [-0.39, 0.29) is 5.91 Å². The number of nitrogens with two attached hydrogens (primary N) is 1. The van der Waals surface area contributed by atoms with Crippen molar-refractivity contribution in [1.29, 1.82) is 0 Å². The summed E-state index contributed by atoms with van der Waals surface area (Å²) >= 11 is 1.34. The van der Waals surface area contributed by atoms with E-state index in [0.29, 0.717) is 17.1 Å². The van der Waals surface area contributed by atoms with Crippen molar-refractivity contribution in [2.75, 3.05) is 5.73 Å². The maximum absolute atomic E-state index is 12.0. The Hall–Kier alpha value is -2.60. The summed E-state index contributed by atoms with van der Waals surface area (Å²) in [5, 5.41) is 8.94. The summed E-state index contributed by atoms with van der Waals surface area (Å²) in [6.45, 7) is 0.420. The molecule has 6 heteroatoms. The highest BCUT2D eigenvalue weighted by atomic mass is 32.1. The minimum Gasteiger partial charge on any atom is -0.397 e. The van der Waals surface area contributed by atoms with Crippen LogP contribution in [0.3, 0.4) is 0 Å². The van der Waals surface area contributed by atoms with E-state index in [9.17, 15) is 4.79 Å². The Labute approximate surface area is 126 Å². The summed E-state index contributed by atoms with van der Waals surface area (Å²) in [6, 6.07) is 11.5. The van der Waals surface area contributed by atoms with Crippen molar-refractivity contribution in [1.82, 2.24) is 15.1 Å². The molecular weight excluding hydrogens is 284 g/mol. The Balaban J connectivity index is 1.66. The Morgan fingerprint density at radius 3 is 2.81 bits per heavy atom. The van der Waals surface area contributed by atoms with E-state index in [0.717, 1.165) is 11.3 Å². The van der Waals surface area contributed by atoms with Crippen LogP contribution in [-0.4, -0.2) is 15.7 Å². The van der Waals surface area contributed by atoms with Gasteiger partial charge in [0.25, 0.3) is 5.91 Å². The standard InChI is InChI=1S/C15H14N4OS/c16-13-6-7-21-14(13)15(20)17-8-11-9-18-19(10-11)12-4-2-1-3-5-12/h1-7,9-10H,8,16H2,(H,17,20). The van der Waals surface area contributed by atoms with Gasteiger partial charge in [0.2, 0.25) is 0 Å². The molecule has 0 fully saturated rings. The van der Waals surface area contributed by atoms with Crippen molar-refractivity contribution in [2.24, 2.45) is 0 Å². The molecule has 3 rings (SSSR count). The zero-order chi connectivity index (χ0) is 14.7. The molecule has 3 aromatic rings. The number of carbonyl (C=O) groups is 1. The lowest BCUT2D eigenvalue weighted by atomic mass is 10.3. The van der Waals surface area contributed by atoms with Gasteiger partial charge >= 0.3 is 0 Å². The fourth-order valence-electron chi connectivity index (χ4n) is 1.94. The van der Waals surface area contributed by atoms with Gasteiger partial charge in [-0.1, -0.05) is 18.2 Å². The van der Waals surface area contributed by atoms with Crippen molar-refractivity contribution >= 4 is 22.9 Å². The second-order valence-corrected chi connectivity index (χ2v) is 5.43. The molecule has 0 unspecified atom stereocenters. The molecule has 0 radical (unpaired) electrons. The maximum Gasteiger partial charge on any atom is 0.263 e. The van der Waals surface area contributed by atoms with Gasteiger partial charge in [-0.05, 0) is 23.6 Å². The zero-order valence-electron chi connectivity index (χ0n) is 11.2. The Bertz CT molecular complexity index is 748. The van der Waals surface area contributed by atoms with Gasteiger partial charge in [-0.2, -0.15) is 5.10 Å². The predicted octanol–water partition coefficient (Wildman–Crippen LogP) is 2.45. The number of nitrogens with one attached hydrogen (secondary N) is 1. The first kappa shape index (κ1) is 13.4. The Kier molecular flexibility index (Phi) is 3.70. The minimum atomic E-state index is -0.157. The van der Waals surface area contributed by atoms with Gasteiger partial charge in [0.05, 0.1) is 17.6 Å². The average molecular weight is 298 g/mol. The fraction of sp³-hybridized carbons (Fsp3) is 0.0667. The molecule has 0 spiro atoms. The lowest BCUT2D eigenvalue weighted by Crippen LogP contribution is -2.22. The summed E-state index contributed by atoms with van der Waals surface area (Å²) in [6.07, 6.45) is 3.64. The third-order valence-electron chi connectivity index (χ3n) is 3.01. The highest BCUT2D eigenvalue weighted by Gasteiger charge is 2.11. The lowest BCUT2D eigenvalue weighted by molar-refractivity contribution is 0.0956. The lowest BCUT2D eigenvalue weighted by Gasteiger charge is -2.02. The minimum absolute atomic E-state index is 0.157. The molecule has 0 aliphatic rings.